The number of amides is 1. The van der Waals surface area contributed by atoms with E-state index in [1.807, 2.05) is 6.92 Å². The summed E-state index contributed by atoms with van der Waals surface area (Å²) in [6.45, 7) is 1.85. The van der Waals surface area contributed by atoms with Crippen LogP contribution in [0.25, 0.3) is 0 Å². The van der Waals surface area contributed by atoms with Crippen LogP contribution in [0.1, 0.15) is 23.8 Å². The first kappa shape index (κ1) is 12.8. The second kappa shape index (κ2) is 5.16. The molecule has 0 saturated heterocycles. The van der Waals surface area contributed by atoms with Gasteiger partial charge < -0.3 is 9.88 Å². The summed E-state index contributed by atoms with van der Waals surface area (Å²) in [4.78, 5) is 21.8. The minimum absolute atomic E-state index is 0.119. The van der Waals surface area contributed by atoms with E-state index in [-0.39, 0.29) is 17.4 Å². The molecule has 0 bridgehead atoms. The molecule has 1 aromatic heterocycles. The van der Waals surface area contributed by atoms with E-state index in [1.54, 1.807) is 7.05 Å². The summed E-state index contributed by atoms with van der Waals surface area (Å²) < 4.78 is 1.40. The average Bonchev–Trinajstić information content (AvgIpc) is 2.68. The van der Waals surface area contributed by atoms with E-state index in [0.29, 0.717) is 6.42 Å². The van der Waals surface area contributed by atoms with Gasteiger partial charge in [-0.3, -0.25) is 14.9 Å². The fourth-order valence-electron chi connectivity index (χ4n) is 1.37. The van der Waals surface area contributed by atoms with Crippen LogP contribution in [0.4, 0.5) is 5.69 Å². The smallest absolute Gasteiger partial charge is 0.287 e. The molecule has 1 atom stereocenters. The van der Waals surface area contributed by atoms with Gasteiger partial charge in [-0.05, 0) is 6.42 Å². The molecule has 0 aliphatic heterocycles. The van der Waals surface area contributed by atoms with Crippen molar-refractivity contribution in [1.82, 2.24) is 9.88 Å². The Balaban J connectivity index is 2.90. The van der Waals surface area contributed by atoms with Crippen LogP contribution in [0.3, 0.4) is 0 Å². The molecule has 0 saturated carbocycles. The van der Waals surface area contributed by atoms with Crippen molar-refractivity contribution in [2.24, 2.45) is 7.05 Å². The number of carbonyl (C=O) groups is 1. The first-order valence-corrected chi connectivity index (χ1v) is 5.07. The number of nitrogens with one attached hydrogen (secondary N) is 1. The van der Waals surface area contributed by atoms with E-state index in [4.69, 9.17) is 6.42 Å². The molecule has 1 unspecified atom stereocenters. The number of nitro groups is 1. The van der Waals surface area contributed by atoms with Gasteiger partial charge in [0.2, 0.25) is 0 Å². The Morgan fingerprint density at radius 1 is 1.76 bits per heavy atom. The lowest BCUT2D eigenvalue weighted by atomic mass is 10.2. The van der Waals surface area contributed by atoms with E-state index >= 15 is 0 Å². The summed E-state index contributed by atoms with van der Waals surface area (Å²) in [5.74, 6) is 2.01. The van der Waals surface area contributed by atoms with Crippen molar-refractivity contribution in [2.45, 2.75) is 19.4 Å². The van der Waals surface area contributed by atoms with Crippen LogP contribution in [-0.2, 0) is 7.05 Å². The van der Waals surface area contributed by atoms with Gasteiger partial charge >= 0.3 is 0 Å². The third kappa shape index (κ3) is 2.84. The Morgan fingerprint density at radius 2 is 2.41 bits per heavy atom. The number of carbonyl (C=O) groups excluding carboxylic acids is 1. The van der Waals surface area contributed by atoms with Crippen LogP contribution in [0.2, 0.25) is 0 Å². The second-order valence-corrected chi connectivity index (χ2v) is 3.55. The van der Waals surface area contributed by atoms with Crippen molar-refractivity contribution in [2.75, 3.05) is 0 Å². The van der Waals surface area contributed by atoms with Crippen LogP contribution in [0, 0.1) is 22.5 Å². The van der Waals surface area contributed by atoms with Gasteiger partial charge in [0.25, 0.3) is 11.6 Å². The quantitative estimate of drug-likeness (QED) is 0.482. The molecule has 0 aliphatic rings. The van der Waals surface area contributed by atoms with Crippen molar-refractivity contribution in [3.8, 4) is 12.3 Å². The van der Waals surface area contributed by atoms with Crippen molar-refractivity contribution in [3.05, 3.63) is 28.1 Å². The van der Waals surface area contributed by atoms with Crippen molar-refractivity contribution in [3.63, 3.8) is 0 Å². The third-order valence-corrected chi connectivity index (χ3v) is 2.35. The lowest BCUT2D eigenvalue weighted by Gasteiger charge is -2.10. The molecule has 6 nitrogen and oxygen atoms in total. The van der Waals surface area contributed by atoms with Gasteiger partial charge in [-0.2, -0.15) is 0 Å². The first-order chi connectivity index (χ1) is 7.99. The van der Waals surface area contributed by atoms with Crippen LogP contribution in [0.15, 0.2) is 12.3 Å². The number of rotatable bonds is 4. The fraction of sp³-hybridized carbons (Fsp3) is 0.364. The predicted molar refractivity (Wildman–Crippen MR) is 62.4 cm³/mol. The molecule has 1 rings (SSSR count). The molecule has 90 valence electrons. The Kier molecular flexibility index (Phi) is 3.88. The number of terminal acetylenes is 1. The Hall–Kier alpha value is -2.29. The Labute approximate surface area is 98.8 Å². The summed E-state index contributed by atoms with van der Waals surface area (Å²) in [5.41, 5.74) is 0.0943. The van der Waals surface area contributed by atoms with Crippen molar-refractivity contribution >= 4 is 11.6 Å². The molecule has 1 heterocycles. The number of aromatic nitrogens is 1. The highest BCUT2D eigenvalue weighted by molar-refractivity contribution is 5.93. The molecular formula is C11H13N3O3. The zero-order valence-electron chi connectivity index (χ0n) is 9.64. The number of aryl methyl sites for hydroxylation is 1. The monoisotopic (exact) mass is 235 g/mol. The average molecular weight is 235 g/mol. The van der Waals surface area contributed by atoms with E-state index in [9.17, 15) is 14.9 Å². The second-order valence-electron chi connectivity index (χ2n) is 3.55. The minimum atomic E-state index is -0.546. The largest absolute Gasteiger partial charge is 0.340 e. The van der Waals surface area contributed by atoms with E-state index in [2.05, 4.69) is 11.2 Å². The topological polar surface area (TPSA) is 77.2 Å². The van der Waals surface area contributed by atoms with E-state index in [1.165, 1.54) is 16.8 Å². The summed E-state index contributed by atoms with van der Waals surface area (Å²) in [7, 11) is 1.57. The highest BCUT2D eigenvalue weighted by Gasteiger charge is 2.18. The van der Waals surface area contributed by atoms with E-state index < -0.39 is 10.8 Å². The summed E-state index contributed by atoms with van der Waals surface area (Å²) in [5, 5.41) is 13.2. The van der Waals surface area contributed by atoms with Gasteiger partial charge in [-0.25, -0.2) is 0 Å². The standard InChI is InChI=1S/C11H13N3O3/c1-4-8(5-2)12-11(15)10-6-9(14(16)17)7-13(10)3/h1,6-8H,5H2,2-3H3,(H,12,15). The van der Waals surface area contributed by atoms with Gasteiger partial charge in [0.1, 0.15) is 5.69 Å². The molecule has 0 fully saturated rings. The van der Waals surface area contributed by atoms with E-state index in [0.717, 1.165) is 0 Å². The zero-order valence-corrected chi connectivity index (χ0v) is 9.64. The molecular weight excluding hydrogens is 222 g/mol. The maximum atomic E-state index is 11.8. The molecule has 1 aromatic rings. The van der Waals surface area contributed by atoms with Crippen LogP contribution >= 0.6 is 0 Å². The predicted octanol–water partition coefficient (Wildman–Crippen LogP) is 1.07. The number of hydrogen-bond donors (Lipinski definition) is 1. The van der Waals surface area contributed by atoms with Gasteiger partial charge in [-0.1, -0.05) is 12.8 Å². The molecule has 0 radical (unpaired) electrons. The van der Waals surface area contributed by atoms with Crippen molar-refractivity contribution in [1.29, 1.82) is 0 Å². The molecule has 1 amide bonds. The molecule has 6 heteroatoms. The minimum Gasteiger partial charge on any atom is -0.340 e. The first-order valence-electron chi connectivity index (χ1n) is 5.07. The van der Waals surface area contributed by atoms with Gasteiger partial charge in [-0.15, -0.1) is 6.42 Å². The summed E-state index contributed by atoms with van der Waals surface area (Å²) in [6.07, 6.45) is 7.11. The summed E-state index contributed by atoms with van der Waals surface area (Å²) in [6, 6.07) is 0.856. The molecule has 0 aromatic carbocycles. The van der Waals surface area contributed by atoms with Crippen LogP contribution < -0.4 is 5.32 Å². The Bertz CT molecular complexity index is 485. The normalized spacial score (nSPS) is 11.6. The van der Waals surface area contributed by atoms with Gasteiger partial charge in [0, 0.05) is 13.1 Å². The maximum absolute atomic E-state index is 11.8. The van der Waals surface area contributed by atoms with Crippen molar-refractivity contribution < 1.29 is 9.72 Å². The molecule has 1 N–H and O–H groups in total. The Morgan fingerprint density at radius 3 is 2.82 bits per heavy atom. The number of nitrogens with zero attached hydrogens (tertiary/aromatic N) is 2. The molecule has 0 aliphatic carbocycles. The highest BCUT2D eigenvalue weighted by Crippen LogP contribution is 2.15. The lowest BCUT2D eigenvalue weighted by molar-refractivity contribution is -0.384. The molecule has 0 spiro atoms. The zero-order chi connectivity index (χ0) is 13.0. The number of hydrogen-bond acceptors (Lipinski definition) is 3. The van der Waals surface area contributed by atoms with Gasteiger partial charge in [0.15, 0.2) is 0 Å². The highest BCUT2D eigenvalue weighted by atomic mass is 16.6. The molecule has 17 heavy (non-hydrogen) atoms. The fourth-order valence-corrected chi connectivity index (χ4v) is 1.37. The van der Waals surface area contributed by atoms with Gasteiger partial charge in [0.05, 0.1) is 17.2 Å². The SMILES string of the molecule is C#CC(CC)NC(=O)c1cc([N+](=O)[O-])cn1C. The third-order valence-electron chi connectivity index (χ3n) is 2.35. The maximum Gasteiger partial charge on any atom is 0.287 e. The lowest BCUT2D eigenvalue weighted by Crippen LogP contribution is -2.34. The summed E-state index contributed by atoms with van der Waals surface area (Å²) >= 11 is 0. The van der Waals surface area contributed by atoms with Crippen LogP contribution in [-0.4, -0.2) is 21.4 Å². The van der Waals surface area contributed by atoms with Crippen LogP contribution in [0.5, 0.6) is 0 Å².